The van der Waals surface area contributed by atoms with Crippen LogP contribution in [0.5, 0.6) is 0 Å². The Labute approximate surface area is 206 Å². The molecule has 6 nitrogen and oxygen atoms in total. The molecule has 34 heavy (non-hydrogen) atoms. The molecule has 0 spiro atoms. The minimum atomic E-state index is -0.414. The van der Waals surface area contributed by atoms with Crippen molar-refractivity contribution in [3.8, 4) is 0 Å². The maximum absolute atomic E-state index is 14.1. The Balaban J connectivity index is 1.45. The summed E-state index contributed by atoms with van der Waals surface area (Å²) in [6.45, 7) is 3.93. The summed E-state index contributed by atoms with van der Waals surface area (Å²) in [5.41, 5.74) is 2.99. The lowest BCUT2D eigenvalue weighted by Crippen LogP contribution is -2.31. The minimum Gasteiger partial charge on any atom is -0.459 e. The number of carbonyl (C=O) groups excluding carboxylic acids is 1. The second-order valence-corrected chi connectivity index (χ2v) is 10.6. The van der Waals surface area contributed by atoms with Crippen LogP contribution >= 0.6 is 23.1 Å². The Morgan fingerprint density at radius 1 is 1.24 bits per heavy atom. The van der Waals surface area contributed by atoms with E-state index in [9.17, 15) is 9.18 Å². The van der Waals surface area contributed by atoms with E-state index < -0.39 is 6.04 Å². The highest BCUT2D eigenvalue weighted by atomic mass is 32.2. The number of anilines is 1. The smallest absolute Gasteiger partial charge is 0.338 e. The number of aromatic nitrogens is 3. The van der Waals surface area contributed by atoms with E-state index in [0.717, 1.165) is 41.8 Å². The van der Waals surface area contributed by atoms with Crippen molar-refractivity contribution in [3.05, 3.63) is 68.8 Å². The van der Waals surface area contributed by atoms with Crippen molar-refractivity contribution in [3.63, 3.8) is 0 Å². The molecule has 0 radical (unpaired) electrons. The van der Waals surface area contributed by atoms with Gasteiger partial charge in [-0.05, 0) is 68.2 Å². The van der Waals surface area contributed by atoms with Gasteiger partial charge in [0.15, 0.2) is 0 Å². The molecule has 1 aromatic carbocycles. The molecule has 178 valence electrons. The zero-order valence-electron chi connectivity index (χ0n) is 19.2. The number of nitrogens with zero attached hydrogens (tertiary/aromatic N) is 3. The highest BCUT2D eigenvalue weighted by Crippen LogP contribution is 2.40. The Bertz CT molecular complexity index is 1230. The molecule has 1 saturated carbocycles. The largest absolute Gasteiger partial charge is 0.459 e. The first-order chi connectivity index (χ1) is 16.5. The van der Waals surface area contributed by atoms with E-state index in [-0.39, 0.29) is 17.9 Å². The summed E-state index contributed by atoms with van der Waals surface area (Å²) < 4.78 is 21.8. The van der Waals surface area contributed by atoms with Crippen molar-refractivity contribution in [2.75, 3.05) is 5.32 Å². The molecular formula is C25H27FN4O2S2. The van der Waals surface area contributed by atoms with Gasteiger partial charge in [-0.2, -0.15) is 4.98 Å². The van der Waals surface area contributed by atoms with Gasteiger partial charge in [-0.15, -0.1) is 16.4 Å². The molecule has 0 bridgehead atoms. The normalized spacial score (nSPS) is 18.5. The molecule has 0 saturated heterocycles. The molecule has 0 amide bonds. The molecule has 1 fully saturated rings. The second-order valence-electron chi connectivity index (χ2n) is 8.74. The Kier molecular flexibility index (Phi) is 6.74. The van der Waals surface area contributed by atoms with Crippen molar-refractivity contribution in [1.82, 2.24) is 14.8 Å². The summed E-state index contributed by atoms with van der Waals surface area (Å²) in [5.74, 6) is 0.452. The topological polar surface area (TPSA) is 69.0 Å². The number of hydrogen-bond donors (Lipinski definition) is 1. The zero-order valence-corrected chi connectivity index (χ0v) is 20.8. The molecule has 2 aromatic heterocycles. The molecule has 3 aromatic rings. The second kappa shape index (κ2) is 9.92. The van der Waals surface area contributed by atoms with E-state index in [1.54, 1.807) is 28.2 Å². The quantitative estimate of drug-likeness (QED) is 0.320. The molecule has 2 aliphatic rings. The molecule has 1 unspecified atom stereocenters. The third-order valence-electron chi connectivity index (χ3n) is 6.34. The van der Waals surface area contributed by atoms with E-state index in [1.807, 2.05) is 31.4 Å². The number of ether oxygens (including phenoxy) is 1. The first-order valence-electron chi connectivity index (χ1n) is 11.6. The van der Waals surface area contributed by atoms with Crippen molar-refractivity contribution < 1.29 is 13.9 Å². The fraction of sp³-hybridized carbons (Fsp3) is 0.400. The third kappa shape index (κ3) is 4.63. The number of rotatable bonds is 6. The first-order valence-corrected chi connectivity index (χ1v) is 13.4. The fourth-order valence-corrected chi connectivity index (χ4v) is 6.35. The summed E-state index contributed by atoms with van der Waals surface area (Å²) in [4.78, 5) is 19.1. The first kappa shape index (κ1) is 23.1. The van der Waals surface area contributed by atoms with E-state index in [1.165, 1.54) is 24.2 Å². The van der Waals surface area contributed by atoms with E-state index in [2.05, 4.69) is 10.3 Å². The van der Waals surface area contributed by atoms with Gasteiger partial charge < -0.3 is 10.1 Å². The van der Waals surface area contributed by atoms with Gasteiger partial charge in [0.25, 0.3) is 0 Å². The van der Waals surface area contributed by atoms with Crippen molar-refractivity contribution >= 4 is 35.0 Å². The summed E-state index contributed by atoms with van der Waals surface area (Å²) in [7, 11) is 0. The van der Waals surface area contributed by atoms with Crippen LogP contribution in [0, 0.1) is 12.7 Å². The molecule has 1 N–H and O–H groups in total. The lowest BCUT2D eigenvalue weighted by molar-refractivity contribution is -0.146. The van der Waals surface area contributed by atoms with Crippen LogP contribution in [0.25, 0.3) is 0 Å². The van der Waals surface area contributed by atoms with Crippen LogP contribution in [0.4, 0.5) is 10.3 Å². The predicted molar refractivity (Wildman–Crippen MR) is 132 cm³/mol. The van der Waals surface area contributed by atoms with Gasteiger partial charge in [0.05, 0.1) is 5.57 Å². The molecule has 3 heterocycles. The lowest BCUT2D eigenvalue weighted by Gasteiger charge is -2.29. The zero-order chi connectivity index (χ0) is 23.7. The number of aryl methyl sites for hydroxylation is 1. The summed E-state index contributed by atoms with van der Waals surface area (Å²) in [5, 5.41) is 10.5. The number of benzene rings is 1. The molecule has 1 atom stereocenters. The number of esters is 1. The maximum Gasteiger partial charge on any atom is 0.338 e. The average molecular weight is 499 g/mol. The van der Waals surface area contributed by atoms with Crippen LogP contribution < -0.4 is 5.32 Å². The summed E-state index contributed by atoms with van der Waals surface area (Å²) in [6, 6.07) is 8.35. The third-order valence-corrected chi connectivity index (χ3v) is 8.30. The Morgan fingerprint density at radius 3 is 2.76 bits per heavy atom. The highest BCUT2D eigenvalue weighted by Gasteiger charge is 2.37. The number of allylic oxidation sites excluding steroid dienone is 1. The minimum absolute atomic E-state index is 0.0318. The van der Waals surface area contributed by atoms with Gasteiger partial charge >= 0.3 is 5.97 Å². The van der Waals surface area contributed by atoms with Crippen LogP contribution in [0.1, 0.15) is 61.1 Å². The Hall–Kier alpha value is -2.65. The number of fused-ring (bicyclic) bond motifs is 1. The van der Waals surface area contributed by atoms with Crippen molar-refractivity contribution in [2.24, 2.45) is 0 Å². The number of nitrogens with one attached hydrogen (secondary N) is 1. The van der Waals surface area contributed by atoms with Crippen molar-refractivity contribution in [2.45, 2.75) is 69.0 Å². The monoisotopic (exact) mass is 498 g/mol. The maximum atomic E-state index is 14.1. The van der Waals surface area contributed by atoms with Gasteiger partial charge in [0.2, 0.25) is 11.1 Å². The van der Waals surface area contributed by atoms with Crippen LogP contribution in [0.15, 0.2) is 52.1 Å². The van der Waals surface area contributed by atoms with Gasteiger partial charge in [0.1, 0.15) is 18.0 Å². The van der Waals surface area contributed by atoms with Gasteiger partial charge in [-0.3, -0.25) is 0 Å². The van der Waals surface area contributed by atoms with Crippen LogP contribution in [-0.4, -0.2) is 26.8 Å². The average Bonchev–Trinajstić information content (AvgIpc) is 3.43. The van der Waals surface area contributed by atoms with Crippen LogP contribution in [-0.2, 0) is 15.3 Å². The van der Waals surface area contributed by atoms with E-state index >= 15 is 0 Å². The number of carbonyl (C=O) groups is 1. The Morgan fingerprint density at radius 2 is 2.03 bits per heavy atom. The number of thioether (sulfide) groups is 1. The lowest BCUT2D eigenvalue weighted by atomic mass is 9.97. The summed E-state index contributed by atoms with van der Waals surface area (Å²) in [6.07, 6.45) is 5.19. The fourth-order valence-electron chi connectivity index (χ4n) is 4.52. The standard InChI is InChI=1S/C25H27FN4O2S2/c1-15-12-13-33-22(15)21-20(23(31)32-18-9-4-3-5-10-18)16(2)27-24-28-25(29-30(21)24)34-14-17-8-6-7-11-19(17)26/h6-8,11-13,18,21H,3-5,9-10,14H2,1-2H3,(H,27,28,29). The highest BCUT2D eigenvalue weighted by molar-refractivity contribution is 7.98. The molecular weight excluding hydrogens is 471 g/mol. The van der Waals surface area contributed by atoms with E-state index in [0.29, 0.717) is 28.0 Å². The van der Waals surface area contributed by atoms with Crippen LogP contribution in [0.3, 0.4) is 0 Å². The SMILES string of the molecule is CC1=C(C(=O)OC2CCCCC2)C(c2sccc2C)n2nc(SCc3ccccc3F)nc2N1. The molecule has 1 aliphatic carbocycles. The predicted octanol–water partition coefficient (Wildman–Crippen LogP) is 6.24. The van der Waals surface area contributed by atoms with E-state index in [4.69, 9.17) is 9.84 Å². The van der Waals surface area contributed by atoms with Gasteiger partial charge in [0, 0.05) is 16.3 Å². The van der Waals surface area contributed by atoms with Crippen molar-refractivity contribution in [1.29, 1.82) is 0 Å². The number of thiophene rings is 1. The molecule has 5 rings (SSSR count). The summed E-state index contributed by atoms with van der Waals surface area (Å²) >= 11 is 2.97. The van der Waals surface area contributed by atoms with Gasteiger partial charge in [-0.1, -0.05) is 36.4 Å². The number of hydrogen-bond acceptors (Lipinski definition) is 7. The number of halogens is 1. The molecule has 1 aliphatic heterocycles. The van der Waals surface area contributed by atoms with Gasteiger partial charge in [-0.25, -0.2) is 13.9 Å². The molecule has 9 heteroatoms. The van der Waals surface area contributed by atoms with Crippen LogP contribution in [0.2, 0.25) is 0 Å².